The highest BCUT2D eigenvalue weighted by molar-refractivity contribution is 6.29. The number of aromatic nitrogens is 2. The first-order chi connectivity index (χ1) is 15.7. The van der Waals surface area contributed by atoms with E-state index in [1.54, 1.807) is 50.8 Å². The molecule has 0 saturated heterocycles. The van der Waals surface area contributed by atoms with Gasteiger partial charge in [-0.1, -0.05) is 50.2 Å². The van der Waals surface area contributed by atoms with Gasteiger partial charge in [0.15, 0.2) is 0 Å². The average molecular weight is 525 g/mol. The van der Waals surface area contributed by atoms with Gasteiger partial charge in [0.2, 0.25) is 0 Å². The number of hydrogen-bond acceptors (Lipinski definition) is 8. The fourth-order valence-electron chi connectivity index (χ4n) is 2.62. The summed E-state index contributed by atoms with van der Waals surface area (Å²) in [6, 6.07) is 6.80. The molecule has 190 valence electrons. The molecule has 0 radical (unpaired) electrons. The van der Waals surface area contributed by atoms with Gasteiger partial charge < -0.3 is 10.6 Å². The van der Waals surface area contributed by atoms with Crippen LogP contribution in [0.3, 0.4) is 0 Å². The number of halogens is 2. The third kappa shape index (κ3) is 13.0. The van der Waals surface area contributed by atoms with E-state index in [2.05, 4.69) is 26.5 Å². The minimum atomic E-state index is -0.515. The molecule has 0 spiro atoms. The first-order valence-corrected chi connectivity index (χ1v) is 10.2. The summed E-state index contributed by atoms with van der Waals surface area (Å²) >= 11 is 11.3. The summed E-state index contributed by atoms with van der Waals surface area (Å²) in [5.41, 5.74) is 2.59. The first-order valence-electron chi connectivity index (χ1n) is 9.40. The summed E-state index contributed by atoms with van der Waals surface area (Å²) < 4.78 is 0. The van der Waals surface area contributed by atoms with E-state index in [0.717, 1.165) is 23.5 Å². The molecule has 0 bridgehead atoms. The van der Waals surface area contributed by atoms with Gasteiger partial charge in [0.25, 0.3) is 12.4 Å². The monoisotopic (exact) mass is 524 g/mol. The Morgan fingerprint density at radius 3 is 2.00 bits per heavy atom. The lowest BCUT2D eigenvalue weighted by atomic mass is 9.94. The molecule has 0 saturated carbocycles. The molecule has 0 aliphatic heterocycles. The Morgan fingerprint density at radius 1 is 1.03 bits per heavy atom. The van der Waals surface area contributed by atoms with Gasteiger partial charge in [0.05, 0.1) is 21.2 Å². The number of nitrogens with one attached hydrogen (secondary N) is 2. The Hall–Kier alpha value is -3.68. The van der Waals surface area contributed by atoms with Crippen molar-refractivity contribution in [3.8, 4) is 12.3 Å². The summed E-state index contributed by atoms with van der Waals surface area (Å²) in [5, 5.41) is 27.1. The van der Waals surface area contributed by atoms with E-state index in [1.165, 1.54) is 0 Å². The maximum atomic E-state index is 10.6. The molecular weight excluding hydrogens is 495 g/mol. The molecule has 2 heterocycles. The lowest BCUT2D eigenvalue weighted by molar-refractivity contribution is -0.404. The van der Waals surface area contributed by atoms with Crippen LogP contribution in [-0.2, 0) is 6.42 Å². The van der Waals surface area contributed by atoms with Gasteiger partial charge in [-0.05, 0) is 23.3 Å². The molecule has 2 aromatic rings. The average Bonchev–Trinajstić information content (AvgIpc) is 2.78. The third-order valence-corrected chi connectivity index (χ3v) is 4.60. The molecule has 2 rings (SSSR count). The van der Waals surface area contributed by atoms with Gasteiger partial charge >= 0.3 is 0 Å². The number of rotatable bonds is 9. The van der Waals surface area contributed by atoms with Crippen LogP contribution >= 0.6 is 23.2 Å². The molecule has 0 aromatic carbocycles. The van der Waals surface area contributed by atoms with Crippen LogP contribution in [0.25, 0.3) is 0 Å². The first kappa shape index (κ1) is 33.5. The van der Waals surface area contributed by atoms with E-state index < -0.39 is 9.85 Å². The van der Waals surface area contributed by atoms with Crippen molar-refractivity contribution in [2.24, 2.45) is 0 Å². The number of pyridine rings is 2. The van der Waals surface area contributed by atoms with Gasteiger partial charge in [0, 0.05) is 45.2 Å². The smallest absolute Gasteiger partial charge is 0.253 e. The van der Waals surface area contributed by atoms with Gasteiger partial charge in [0.1, 0.15) is 10.3 Å². The van der Waals surface area contributed by atoms with Crippen molar-refractivity contribution in [3.63, 3.8) is 0 Å². The number of terminal acetylenes is 1. The standard InChI is InChI=1S/C12H12ClN3O2.C9H10ClN3O2.2CH4/c1-3-4-10(11(14-2)8-16(17)18)9-5-6-12(13)15-7-9;1-11-8(6-13(14)15)4-7-2-3-9(10)12-5-7;;/h1,5-8,10,14H,4H2,2H3;2-3,5-6,11H,4H2,1H3;2*1H4/b11-8-;8-6-;;. The highest BCUT2D eigenvalue weighted by Gasteiger charge is 2.18. The molecule has 0 aliphatic carbocycles. The topological polar surface area (TPSA) is 136 Å². The molecule has 1 atom stereocenters. The molecule has 0 aliphatic rings. The van der Waals surface area contributed by atoms with Crippen LogP contribution in [-0.4, -0.2) is 33.9 Å². The van der Waals surface area contributed by atoms with E-state index in [9.17, 15) is 20.2 Å². The van der Waals surface area contributed by atoms with Gasteiger partial charge in [-0.15, -0.1) is 12.3 Å². The largest absolute Gasteiger partial charge is 0.386 e. The Balaban J connectivity index is 0. The minimum Gasteiger partial charge on any atom is -0.386 e. The number of hydrogen-bond donors (Lipinski definition) is 2. The Kier molecular flexibility index (Phi) is 17.0. The Bertz CT molecular complexity index is 1040. The van der Waals surface area contributed by atoms with Crippen molar-refractivity contribution in [1.82, 2.24) is 20.6 Å². The van der Waals surface area contributed by atoms with Crippen LogP contribution in [0.4, 0.5) is 0 Å². The molecule has 10 nitrogen and oxygen atoms in total. The van der Waals surface area contributed by atoms with Crippen molar-refractivity contribution < 1.29 is 9.85 Å². The molecular formula is C23H30Cl2N6O4. The quantitative estimate of drug-likeness (QED) is 0.201. The van der Waals surface area contributed by atoms with Gasteiger partial charge in [-0.3, -0.25) is 20.2 Å². The molecule has 2 aromatic heterocycles. The van der Waals surface area contributed by atoms with Crippen LogP contribution < -0.4 is 10.6 Å². The number of nitrogens with zero attached hydrogens (tertiary/aromatic N) is 4. The summed E-state index contributed by atoms with van der Waals surface area (Å²) in [6.07, 6.45) is 11.1. The normalized spacial score (nSPS) is 11.3. The van der Waals surface area contributed by atoms with E-state index in [4.69, 9.17) is 29.6 Å². The molecule has 35 heavy (non-hydrogen) atoms. The Labute approximate surface area is 215 Å². The van der Waals surface area contributed by atoms with E-state index >= 15 is 0 Å². The summed E-state index contributed by atoms with van der Waals surface area (Å²) in [6.45, 7) is 0. The van der Waals surface area contributed by atoms with E-state index in [0.29, 0.717) is 34.5 Å². The van der Waals surface area contributed by atoms with Crippen LogP contribution in [0.2, 0.25) is 10.3 Å². The summed E-state index contributed by atoms with van der Waals surface area (Å²) in [5.74, 6) is 2.21. The zero-order valence-electron chi connectivity index (χ0n) is 17.9. The van der Waals surface area contributed by atoms with Crippen molar-refractivity contribution in [2.45, 2.75) is 33.6 Å². The Morgan fingerprint density at radius 2 is 1.60 bits per heavy atom. The SMILES string of the molecule is C.C.C#CCC(/C(=C/[N+](=O)[O-])NC)c1ccc(Cl)nc1.CN/C(=C\[N+](=O)[O-])Cc1ccc(Cl)nc1. The van der Waals surface area contributed by atoms with Crippen molar-refractivity contribution in [1.29, 1.82) is 0 Å². The molecule has 12 heteroatoms. The van der Waals surface area contributed by atoms with Crippen LogP contribution in [0, 0.1) is 32.6 Å². The fraction of sp³-hybridized carbons (Fsp3) is 0.304. The predicted octanol–water partition coefficient (Wildman–Crippen LogP) is 5.07. The third-order valence-electron chi connectivity index (χ3n) is 4.15. The zero-order valence-corrected chi connectivity index (χ0v) is 19.4. The van der Waals surface area contributed by atoms with Crippen LogP contribution in [0.15, 0.2) is 60.5 Å². The van der Waals surface area contributed by atoms with Gasteiger partial charge in [-0.25, -0.2) is 9.97 Å². The molecule has 2 N–H and O–H groups in total. The zero-order chi connectivity index (χ0) is 24.8. The fourth-order valence-corrected chi connectivity index (χ4v) is 2.84. The van der Waals surface area contributed by atoms with Gasteiger partial charge in [-0.2, -0.15) is 0 Å². The molecule has 1 unspecified atom stereocenters. The van der Waals surface area contributed by atoms with Crippen molar-refractivity contribution in [2.75, 3.05) is 14.1 Å². The second kappa shape index (κ2) is 17.8. The van der Waals surface area contributed by atoms with E-state index in [1.807, 2.05) is 0 Å². The second-order valence-corrected chi connectivity index (χ2v) is 7.13. The number of allylic oxidation sites excluding steroid dienone is 2. The molecule has 0 fully saturated rings. The highest BCUT2D eigenvalue weighted by Crippen LogP contribution is 2.26. The summed E-state index contributed by atoms with van der Waals surface area (Å²) in [4.78, 5) is 27.7. The van der Waals surface area contributed by atoms with Crippen LogP contribution in [0.5, 0.6) is 0 Å². The lowest BCUT2D eigenvalue weighted by Crippen LogP contribution is -2.16. The molecule has 0 amide bonds. The van der Waals surface area contributed by atoms with Crippen LogP contribution in [0.1, 0.15) is 38.3 Å². The minimum absolute atomic E-state index is 0. The van der Waals surface area contributed by atoms with E-state index in [-0.39, 0.29) is 20.8 Å². The maximum absolute atomic E-state index is 10.6. The highest BCUT2D eigenvalue weighted by atomic mass is 35.5. The lowest BCUT2D eigenvalue weighted by Gasteiger charge is -2.16. The number of nitro groups is 2. The van der Waals surface area contributed by atoms with Crippen molar-refractivity contribution in [3.05, 3.63) is 102 Å². The maximum Gasteiger partial charge on any atom is 0.253 e. The second-order valence-electron chi connectivity index (χ2n) is 6.35. The van der Waals surface area contributed by atoms with Crippen molar-refractivity contribution >= 4 is 23.2 Å². The predicted molar refractivity (Wildman–Crippen MR) is 140 cm³/mol. The summed E-state index contributed by atoms with van der Waals surface area (Å²) in [7, 11) is 3.25. The number of likely N-dealkylation sites (N-methyl/N-ethyl adjacent to an activating group) is 2.